The van der Waals surface area contributed by atoms with Crippen LogP contribution in [0.2, 0.25) is 0 Å². The average Bonchev–Trinajstić information content (AvgIpc) is 3.42. The van der Waals surface area contributed by atoms with Crippen molar-refractivity contribution in [2.45, 2.75) is 36.2 Å². The van der Waals surface area contributed by atoms with Crippen LogP contribution in [0.4, 0.5) is 5.69 Å². The fraction of sp³-hybridized carbons (Fsp3) is 0.261. The molecule has 13 heteroatoms. The number of anilines is 1. The molecule has 0 aliphatic carbocycles. The number of nitrogens with one attached hydrogen (secondary N) is 1. The van der Waals surface area contributed by atoms with Gasteiger partial charge in [0.15, 0.2) is 17.3 Å². The molecule has 0 unspecified atom stereocenters. The molecule has 2 amide bonds. The lowest BCUT2D eigenvalue weighted by molar-refractivity contribution is -0.119. The fourth-order valence-electron chi connectivity index (χ4n) is 4.13. The van der Waals surface area contributed by atoms with Gasteiger partial charge in [0, 0.05) is 16.2 Å². The first kappa shape index (κ1) is 24.2. The Morgan fingerprint density at radius 1 is 1.19 bits per heavy atom. The molecule has 5 rings (SSSR count). The number of nitrogens with zero attached hydrogens (tertiary/aromatic N) is 2. The molecule has 0 spiro atoms. The Bertz CT molecular complexity index is 1470. The number of primary amides is 1. The van der Waals surface area contributed by atoms with Crippen LogP contribution in [0.25, 0.3) is 0 Å². The highest BCUT2D eigenvalue weighted by Crippen LogP contribution is 2.38. The van der Waals surface area contributed by atoms with E-state index >= 15 is 0 Å². The quantitative estimate of drug-likeness (QED) is 0.488. The van der Waals surface area contributed by atoms with Crippen LogP contribution in [0.15, 0.2) is 50.7 Å². The lowest BCUT2D eigenvalue weighted by atomic mass is 10.1. The van der Waals surface area contributed by atoms with Gasteiger partial charge in [0.05, 0.1) is 12.2 Å². The number of ether oxygens (including phenoxy) is 2. The minimum Gasteiger partial charge on any atom is -0.454 e. The van der Waals surface area contributed by atoms with E-state index in [-0.39, 0.29) is 41.0 Å². The van der Waals surface area contributed by atoms with E-state index in [1.54, 1.807) is 36.4 Å². The van der Waals surface area contributed by atoms with E-state index in [0.29, 0.717) is 22.1 Å². The molecule has 0 saturated carbocycles. The van der Waals surface area contributed by atoms with Crippen molar-refractivity contribution in [3.63, 3.8) is 0 Å². The van der Waals surface area contributed by atoms with Crippen molar-refractivity contribution >= 4 is 39.3 Å². The van der Waals surface area contributed by atoms with E-state index in [0.717, 1.165) is 5.56 Å². The second-order valence-corrected chi connectivity index (χ2v) is 11.0. The summed E-state index contributed by atoms with van der Waals surface area (Å²) in [7, 11) is -4.12. The van der Waals surface area contributed by atoms with Gasteiger partial charge in [-0.25, -0.2) is 8.42 Å². The van der Waals surface area contributed by atoms with Crippen molar-refractivity contribution in [3.8, 4) is 11.5 Å². The van der Waals surface area contributed by atoms with Crippen LogP contribution < -0.4 is 24.8 Å². The van der Waals surface area contributed by atoms with Gasteiger partial charge in [0.1, 0.15) is 16.6 Å². The smallest absolute Gasteiger partial charge is 0.248 e. The van der Waals surface area contributed by atoms with E-state index in [1.165, 1.54) is 30.5 Å². The lowest BCUT2D eigenvalue weighted by Gasteiger charge is -2.26. The molecule has 2 aromatic carbocycles. The number of aryl methyl sites for hydroxylation is 2. The Morgan fingerprint density at radius 3 is 2.69 bits per heavy atom. The van der Waals surface area contributed by atoms with Gasteiger partial charge in [-0.15, -0.1) is 11.8 Å². The first-order chi connectivity index (χ1) is 17.1. The minimum atomic E-state index is -4.12. The van der Waals surface area contributed by atoms with Crippen molar-refractivity contribution in [1.29, 1.82) is 0 Å². The molecule has 3 N–H and O–H groups in total. The molecule has 11 nitrogen and oxygen atoms in total. The maximum absolute atomic E-state index is 13.8. The van der Waals surface area contributed by atoms with Gasteiger partial charge in [0.2, 0.25) is 28.6 Å². The zero-order valence-corrected chi connectivity index (χ0v) is 20.9. The molecule has 2 aliphatic heterocycles. The van der Waals surface area contributed by atoms with Crippen LogP contribution in [0.3, 0.4) is 0 Å². The molecule has 1 atom stereocenters. The molecule has 0 radical (unpaired) electrons. The predicted molar refractivity (Wildman–Crippen MR) is 130 cm³/mol. The second kappa shape index (κ2) is 9.15. The van der Waals surface area contributed by atoms with Crippen molar-refractivity contribution < 1.29 is 32.0 Å². The summed E-state index contributed by atoms with van der Waals surface area (Å²) >= 11 is 1.30. The molecule has 1 aromatic heterocycles. The van der Waals surface area contributed by atoms with Crippen molar-refractivity contribution in [2.24, 2.45) is 5.73 Å². The highest BCUT2D eigenvalue weighted by Gasteiger charge is 2.36. The van der Waals surface area contributed by atoms with Gasteiger partial charge < -0.3 is 24.6 Å². The van der Waals surface area contributed by atoms with Gasteiger partial charge >= 0.3 is 0 Å². The van der Waals surface area contributed by atoms with Gasteiger partial charge in [-0.3, -0.25) is 9.59 Å². The fourth-order valence-corrected chi connectivity index (χ4v) is 6.81. The number of rotatable bonds is 6. The van der Waals surface area contributed by atoms with Gasteiger partial charge in [-0.2, -0.15) is 4.72 Å². The van der Waals surface area contributed by atoms with Crippen LogP contribution in [-0.2, 0) is 21.4 Å². The molecule has 2 aliphatic rings. The van der Waals surface area contributed by atoms with Gasteiger partial charge in [-0.1, -0.05) is 11.2 Å². The average molecular weight is 531 g/mol. The van der Waals surface area contributed by atoms with Crippen LogP contribution in [0, 0.1) is 13.8 Å². The van der Waals surface area contributed by atoms with Crippen molar-refractivity contribution in [1.82, 2.24) is 9.88 Å². The zero-order chi connectivity index (χ0) is 25.6. The third kappa shape index (κ3) is 4.40. The van der Waals surface area contributed by atoms with E-state index in [1.807, 2.05) is 0 Å². The topological polar surface area (TPSA) is 154 Å². The summed E-state index contributed by atoms with van der Waals surface area (Å²) in [6, 6.07) is 9.01. The number of carbonyl (C=O) groups is 2. The lowest BCUT2D eigenvalue weighted by Crippen LogP contribution is -2.49. The maximum Gasteiger partial charge on any atom is 0.248 e. The number of sulfonamides is 1. The standard InChI is InChI=1S/C23H22N4O7S2/c1-12-21(13(2)34-25-12)36(30,31)26-16-10-35-20-6-4-15(22(24)28)8-17(20)27(23(16)29)9-14-3-5-18-19(7-14)33-11-32-18/h3-8,16,26H,9-11H2,1-2H3,(H2,24,28)/t16-/m0/s1. The Kier molecular flexibility index (Phi) is 6.14. The Morgan fingerprint density at radius 2 is 1.97 bits per heavy atom. The molecule has 0 bridgehead atoms. The number of thioether (sulfide) groups is 1. The number of nitrogens with two attached hydrogens (primary N) is 1. The van der Waals surface area contributed by atoms with Gasteiger partial charge in [-0.05, 0) is 49.7 Å². The Labute approximate surface area is 211 Å². The van der Waals surface area contributed by atoms with Crippen LogP contribution in [0.5, 0.6) is 11.5 Å². The summed E-state index contributed by atoms with van der Waals surface area (Å²) in [5.74, 6) is 0.264. The van der Waals surface area contributed by atoms with Gasteiger partial charge in [0.25, 0.3) is 0 Å². The number of carbonyl (C=O) groups excluding carboxylic acids is 2. The second-order valence-electron chi connectivity index (χ2n) is 8.30. The molecule has 188 valence electrons. The molecular formula is C23H22N4O7S2. The van der Waals surface area contributed by atoms with Crippen molar-refractivity contribution in [3.05, 3.63) is 59.0 Å². The summed E-state index contributed by atoms with van der Waals surface area (Å²) in [4.78, 5) is 27.7. The number of hydrogen-bond donors (Lipinski definition) is 2. The molecule has 0 fully saturated rings. The third-order valence-electron chi connectivity index (χ3n) is 5.82. The Balaban J connectivity index is 1.53. The monoisotopic (exact) mass is 530 g/mol. The number of benzene rings is 2. The van der Waals surface area contributed by atoms with Crippen LogP contribution >= 0.6 is 11.8 Å². The van der Waals surface area contributed by atoms with E-state index in [9.17, 15) is 18.0 Å². The first-order valence-corrected chi connectivity index (χ1v) is 13.3. The number of hydrogen-bond acceptors (Lipinski definition) is 9. The minimum absolute atomic E-state index is 0.0921. The first-order valence-electron chi connectivity index (χ1n) is 10.9. The van der Waals surface area contributed by atoms with E-state index < -0.39 is 27.9 Å². The number of fused-ring (bicyclic) bond motifs is 2. The summed E-state index contributed by atoms with van der Waals surface area (Å²) in [6.45, 7) is 3.20. The summed E-state index contributed by atoms with van der Waals surface area (Å²) in [5, 5.41) is 3.71. The highest BCUT2D eigenvalue weighted by atomic mass is 32.2. The number of aromatic nitrogens is 1. The van der Waals surface area contributed by atoms with E-state index in [2.05, 4.69) is 9.88 Å². The predicted octanol–water partition coefficient (Wildman–Crippen LogP) is 2.11. The molecule has 36 heavy (non-hydrogen) atoms. The molecule has 3 aromatic rings. The summed E-state index contributed by atoms with van der Waals surface area (Å²) in [6.07, 6.45) is 0. The van der Waals surface area contributed by atoms with Crippen LogP contribution in [-0.4, -0.2) is 44.0 Å². The molecule has 3 heterocycles. The summed E-state index contributed by atoms with van der Waals surface area (Å²) < 4.78 is 44.7. The van der Waals surface area contributed by atoms with E-state index in [4.69, 9.17) is 19.7 Å². The SMILES string of the molecule is Cc1noc(C)c1S(=O)(=O)N[C@H]1CSc2ccc(C(N)=O)cc2N(Cc2ccc3c(c2)OCO3)C1=O. The summed E-state index contributed by atoms with van der Waals surface area (Å²) in [5.41, 5.74) is 7.09. The number of amides is 2. The molecular weight excluding hydrogens is 508 g/mol. The normalized spacial score (nSPS) is 17.1. The highest BCUT2D eigenvalue weighted by molar-refractivity contribution is 7.99. The van der Waals surface area contributed by atoms with Crippen molar-refractivity contribution in [2.75, 3.05) is 17.4 Å². The third-order valence-corrected chi connectivity index (χ3v) is 8.69. The Hall–Kier alpha value is -3.55. The molecule has 0 saturated heterocycles. The largest absolute Gasteiger partial charge is 0.454 e. The zero-order valence-electron chi connectivity index (χ0n) is 19.3. The maximum atomic E-state index is 13.8. The van der Waals surface area contributed by atoms with Crippen LogP contribution in [0.1, 0.15) is 27.4 Å².